The minimum atomic E-state index is 1.05. The third-order valence-electron chi connectivity index (χ3n) is 2.47. The van der Waals surface area contributed by atoms with Gasteiger partial charge in [-0.05, 0) is 30.5 Å². The van der Waals surface area contributed by atoms with Crippen LogP contribution in [0.2, 0.25) is 0 Å². The van der Waals surface area contributed by atoms with Crippen molar-refractivity contribution in [1.29, 1.82) is 0 Å². The normalized spacial score (nSPS) is 15.3. The quantitative estimate of drug-likeness (QED) is 0.707. The monoisotopic (exact) mass is 224 g/mol. The largest absolute Gasteiger partial charge is 0.278 e. The van der Waals surface area contributed by atoms with Gasteiger partial charge in [0.15, 0.2) is 0 Å². The Morgan fingerprint density at radius 3 is 2.41 bits per heavy atom. The molecule has 2 heteroatoms. The molecular formula is C15H16N2. The molecule has 2 nitrogen and oxygen atoms in total. The molecule has 1 aromatic rings. The first kappa shape index (κ1) is 11.4. The average Bonchev–Trinajstić information content (AvgIpc) is 2.66. The third-order valence-corrected chi connectivity index (χ3v) is 2.47. The van der Waals surface area contributed by atoms with Gasteiger partial charge in [-0.25, -0.2) is 0 Å². The summed E-state index contributed by atoms with van der Waals surface area (Å²) in [5.41, 5.74) is 5.16. The molecule has 1 aromatic carbocycles. The van der Waals surface area contributed by atoms with Gasteiger partial charge < -0.3 is 0 Å². The van der Waals surface area contributed by atoms with E-state index in [1.165, 1.54) is 18.4 Å². The van der Waals surface area contributed by atoms with Crippen LogP contribution in [0.15, 0.2) is 59.7 Å². The summed E-state index contributed by atoms with van der Waals surface area (Å²) in [5.74, 6) is 0. The molecule has 0 saturated carbocycles. The molecule has 1 N–H and O–H groups in total. The van der Waals surface area contributed by atoms with Crippen molar-refractivity contribution in [3.05, 3.63) is 60.2 Å². The van der Waals surface area contributed by atoms with Crippen molar-refractivity contribution < 1.29 is 0 Å². The van der Waals surface area contributed by atoms with E-state index in [9.17, 15) is 0 Å². The van der Waals surface area contributed by atoms with Crippen LogP contribution >= 0.6 is 0 Å². The molecule has 0 bridgehead atoms. The van der Waals surface area contributed by atoms with Crippen molar-refractivity contribution in [3.8, 4) is 0 Å². The highest BCUT2D eigenvalue weighted by molar-refractivity contribution is 5.83. The summed E-state index contributed by atoms with van der Waals surface area (Å²) in [4.78, 5) is 0. The van der Waals surface area contributed by atoms with E-state index in [2.05, 4.69) is 34.8 Å². The van der Waals surface area contributed by atoms with Crippen molar-refractivity contribution in [1.82, 2.24) is 0 Å². The lowest BCUT2D eigenvalue weighted by molar-refractivity contribution is 1.04. The molecule has 2 aliphatic rings. The third kappa shape index (κ3) is 3.76. The Morgan fingerprint density at radius 1 is 0.941 bits per heavy atom. The molecule has 1 aliphatic carbocycles. The molecule has 1 heterocycles. The summed E-state index contributed by atoms with van der Waals surface area (Å²) >= 11 is 0. The maximum Gasteiger partial charge on any atom is 0.0634 e. The van der Waals surface area contributed by atoms with Crippen LogP contribution in [0, 0.1) is 0 Å². The number of hydrogen-bond acceptors (Lipinski definition) is 2. The predicted octanol–water partition coefficient (Wildman–Crippen LogP) is 4.00. The van der Waals surface area contributed by atoms with Gasteiger partial charge in [0.1, 0.15) is 0 Å². The van der Waals surface area contributed by atoms with Gasteiger partial charge in [0.2, 0.25) is 0 Å². The van der Waals surface area contributed by atoms with Gasteiger partial charge in [0.25, 0.3) is 0 Å². The maximum absolute atomic E-state index is 3.95. The molecule has 1 aliphatic heterocycles. The molecule has 0 atom stereocenters. The fourth-order valence-electron chi connectivity index (χ4n) is 1.58. The number of allylic oxidation sites excluding steroid dienone is 5. The maximum atomic E-state index is 3.95. The summed E-state index contributed by atoms with van der Waals surface area (Å²) in [5, 5.41) is 3.95. The first-order chi connectivity index (χ1) is 8.47. The molecule has 0 spiro atoms. The highest BCUT2D eigenvalue weighted by Gasteiger charge is 1.96. The van der Waals surface area contributed by atoms with Gasteiger partial charge in [0, 0.05) is 6.21 Å². The van der Waals surface area contributed by atoms with Crippen LogP contribution in [0.3, 0.4) is 0 Å². The first-order valence-electron chi connectivity index (χ1n) is 5.83. The van der Waals surface area contributed by atoms with Crippen molar-refractivity contribution in [2.24, 2.45) is 5.10 Å². The van der Waals surface area contributed by atoms with Crippen LogP contribution in [-0.2, 0) is 0 Å². The van der Waals surface area contributed by atoms with Crippen LogP contribution < -0.4 is 5.43 Å². The molecule has 0 fully saturated rings. The Labute approximate surface area is 102 Å². The number of hydrogen-bond donors (Lipinski definition) is 1. The zero-order chi connectivity index (χ0) is 11.8. The summed E-state index contributed by atoms with van der Waals surface area (Å²) in [6.45, 7) is 0. The number of nitrogens with one attached hydrogen (secondary N) is 1. The summed E-state index contributed by atoms with van der Waals surface area (Å²) in [6, 6.07) is 8.05. The number of fused-ring (bicyclic) bond motifs is 1. The summed E-state index contributed by atoms with van der Waals surface area (Å²) in [6.07, 6.45) is 16.7. The predicted molar refractivity (Wildman–Crippen MR) is 75.1 cm³/mol. The van der Waals surface area contributed by atoms with Gasteiger partial charge in [-0.2, -0.15) is 5.10 Å². The number of para-hydroxylation sites is 1. The number of hydrazone groups is 1. The first-order valence-corrected chi connectivity index (χ1v) is 5.83. The SMILES string of the molecule is C1=CCCC=C1.C1=Cc2ccccc2NN=C1. The molecular weight excluding hydrogens is 208 g/mol. The molecule has 17 heavy (non-hydrogen) atoms. The lowest BCUT2D eigenvalue weighted by Crippen LogP contribution is -1.87. The Kier molecular flexibility index (Phi) is 4.35. The second-order valence-corrected chi connectivity index (χ2v) is 3.77. The van der Waals surface area contributed by atoms with Gasteiger partial charge in [0.05, 0.1) is 5.69 Å². The minimum Gasteiger partial charge on any atom is -0.278 e. The molecule has 0 saturated heterocycles. The zero-order valence-electron chi connectivity index (χ0n) is 9.71. The van der Waals surface area contributed by atoms with E-state index in [-0.39, 0.29) is 0 Å². The van der Waals surface area contributed by atoms with Gasteiger partial charge in [-0.15, -0.1) is 0 Å². The Hall–Kier alpha value is -2.09. The van der Waals surface area contributed by atoms with Crippen LogP contribution in [0.1, 0.15) is 18.4 Å². The van der Waals surface area contributed by atoms with Crippen molar-refractivity contribution in [2.45, 2.75) is 12.8 Å². The summed E-state index contributed by atoms with van der Waals surface area (Å²) in [7, 11) is 0. The molecule has 0 amide bonds. The van der Waals surface area contributed by atoms with Gasteiger partial charge in [-0.1, -0.05) is 48.6 Å². The molecule has 86 valence electrons. The number of benzene rings is 1. The number of nitrogens with zero attached hydrogens (tertiary/aromatic N) is 1. The van der Waals surface area contributed by atoms with E-state index in [4.69, 9.17) is 0 Å². The van der Waals surface area contributed by atoms with Crippen LogP contribution in [0.25, 0.3) is 6.08 Å². The fourth-order valence-corrected chi connectivity index (χ4v) is 1.58. The minimum absolute atomic E-state index is 1.05. The Morgan fingerprint density at radius 2 is 1.71 bits per heavy atom. The van der Waals surface area contributed by atoms with Crippen LogP contribution in [-0.4, -0.2) is 6.21 Å². The smallest absolute Gasteiger partial charge is 0.0634 e. The Bertz CT molecular complexity index is 456. The molecule has 0 unspecified atom stereocenters. The lowest BCUT2D eigenvalue weighted by atomic mass is 10.2. The summed E-state index contributed by atoms with van der Waals surface area (Å²) < 4.78 is 0. The van der Waals surface area contributed by atoms with Gasteiger partial charge in [-0.3, -0.25) is 5.43 Å². The fraction of sp³-hybridized carbons (Fsp3) is 0.133. The van der Waals surface area contributed by atoms with E-state index >= 15 is 0 Å². The average molecular weight is 224 g/mol. The molecule has 3 rings (SSSR count). The van der Waals surface area contributed by atoms with Crippen molar-refractivity contribution in [2.75, 3.05) is 5.43 Å². The van der Waals surface area contributed by atoms with Crippen molar-refractivity contribution in [3.63, 3.8) is 0 Å². The molecule has 0 radical (unpaired) electrons. The topological polar surface area (TPSA) is 24.4 Å². The van der Waals surface area contributed by atoms with Crippen LogP contribution in [0.5, 0.6) is 0 Å². The van der Waals surface area contributed by atoms with E-state index in [1.54, 1.807) is 6.21 Å². The second kappa shape index (κ2) is 6.48. The number of rotatable bonds is 0. The van der Waals surface area contributed by atoms with Crippen molar-refractivity contribution >= 4 is 18.0 Å². The van der Waals surface area contributed by atoms with E-state index in [1.807, 2.05) is 36.4 Å². The van der Waals surface area contributed by atoms with Crippen LogP contribution in [0.4, 0.5) is 5.69 Å². The Balaban J connectivity index is 0.000000153. The lowest BCUT2D eigenvalue weighted by Gasteiger charge is -2.00. The highest BCUT2D eigenvalue weighted by Crippen LogP contribution is 2.17. The zero-order valence-corrected chi connectivity index (χ0v) is 9.71. The standard InChI is InChI=1S/C9H8N2.C6H8/c1-2-6-9-8(4-1)5-3-7-10-11-9;1-2-4-6-5-3-1/h1-7,11H;1-4H,5-6H2. The van der Waals surface area contributed by atoms with E-state index in [0.29, 0.717) is 0 Å². The highest BCUT2D eigenvalue weighted by atomic mass is 15.3. The van der Waals surface area contributed by atoms with E-state index < -0.39 is 0 Å². The van der Waals surface area contributed by atoms with E-state index in [0.717, 1.165) is 5.69 Å². The molecule has 0 aromatic heterocycles. The number of anilines is 1. The van der Waals surface area contributed by atoms with Gasteiger partial charge >= 0.3 is 0 Å². The second-order valence-electron chi connectivity index (χ2n) is 3.77.